The maximum Gasteiger partial charge on any atom is 0.127 e. The second-order valence-corrected chi connectivity index (χ2v) is 5.47. The number of aromatic nitrogens is 1. The molecule has 1 saturated heterocycles. The fourth-order valence-electron chi connectivity index (χ4n) is 2.07. The summed E-state index contributed by atoms with van der Waals surface area (Å²) in [7, 11) is 0. The molecule has 1 aliphatic rings. The fourth-order valence-corrected chi connectivity index (χ4v) is 2.71. The topological polar surface area (TPSA) is 82.8 Å². The van der Waals surface area contributed by atoms with E-state index in [1.54, 1.807) is 6.92 Å². The van der Waals surface area contributed by atoms with Crippen molar-refractivity contribution in [2.24, 2.45) is 5.92 Å². The number of hydrogen-bond acceptors (Lipinski definition) is 6. The van der Waals surface area contributed by atoms with Crippen LogP contribution in [0.4, 0.5) is 0 Å². The summed E-state index contributed by atoms with van der Waals surface area (Å²) in [5, 5.41) is 31.8. The Morgan fingerprint density at radius 2 is 2.12 bits per heavy atom. The van der Waals surface area contributed by atoms with E-state index in [2.05, 4.69) is 4.98 Å². The van der Waals surface area contributed by atoms with E-state index < -0.39 is 24.4 Å². The summed E-state index contributed by atoms with van der Waals surface area (Å²) in [5.41, 5.74) is 0.664. The van der Waals surface area contributed by atoms with E-state index in [1.807, 2.05) is 12.3 Å². The molecule has 0 unspecified atom stereocenters. The van der Waals surface area contributed by atoms with Crippen LogP contribution in [0.3, 0.4) is 0 Å². The minimum atomic E-state index is -0.856. The van der Waals surface area contributed by atoms with Gasteiger partial charge < -0.3 is 20.1 Å². The van der Waals surface area contributed by atoms with Crippen molar-refractivity contribution >= 4 is 11.3 Å². The third kappa shape index (κ3) is 2.36. The summed E-state index contributed by atoms with van der Waals surface area (Å²) in [6, 6.07) is 0. The van der Waals surface area contributed by atoms with E-state index >= 15 is 0 Å². The molecule has 5 atom stereocenters. The van der Waals surface area contributed by atoms with E-state index in [9.17, 15) is 10.2 Å². The monoisotopic (exact) mass is 259 g/mol. The molecule has 2 heterocycles. The maximum atomic E-state index is 10.1. The van der Waals surface area contributed by atoms with Crippen LogP contribution in [0.25, 0.3) is 0 Å². The second kappa shape index (κ2) is 4.99. The molecule has 6 heteroatoms. The predicted octanol–water partition coefficient (Wildman–Crippen LogP) is 0.242. The van der Waals surface area contributed by atoms with Gasteiger partial charge in [-0.25, -0.2) is 4.98 Å². The van der Waals surface area contributed by atoms with Gasteiger partial charge in [0.1, 0.15) is 12.2 Å². The van der Waals surface area contributed by atoms with Crippen LogP contribution in [0.15, 0.2) is 5.38 Å². The number of nitrogens with zero attached hydrogens (tertiary/aromatic N) is 1. The van der Waals surface area contributed by atoms with E-state index in [-0.39, 0.29) is 12.5 Å². The van der Waals surface area contributed by atoms with Crippen LogP contribution in [-0.2, 0) is 4.74 Å². The molecular weight excluding hydrogens is 242 g/mol. The molecule has 0 amide bonds. The first-order chi connectivity index (χ1) is 8.04. The highest BCUT2D eigenvalue weighted by molar-refractivity contribution is 7.09. The molecule has 3 N–H and O–H groups in total. The van der Waals surface area contributed by atoms with Crippen molar-refractivity contribution in [3.63, 3.8) is 0 Å². The summed E-state index contributed by atoms with van der Waals surface area (Å²) in [4.78, 5) is 4.28. The van der Waals surface area contributed by atoms with Gasteiger partial charge in [0.05, 0.1) is 29.5 Å². The lowest BCUT2D eigenvalue weighted by Gasteiger charge is -2.40. The second-order valence-electron chi connectivity index (χ2n) is 4.41. The molecule has 1 aromatic heterocycles. The number of rotatable bonds is 2. The first-order valence-corrected chi connectivity index (χ1v) is 6.47. The minimum absolute atomic E-state index is 0.266. The largest absolute Gasteiger partial charge is 0.394 e. The Morgan fingerprint density at radius 1 is 1.41 bits per heavy atom. The lowest BCUT2D eigenvalue weighted by Crippen LogP contribution is -2.50. The quantitative estimate of drug-likeness (QED) is 0.709. The van der Waals surface area contributed by atoms with Crippen LogP contribution in [0, 0.1) is 12.8 Å². The molecule has 0 aromatic carbocycles. The highest BCUT2D eigenvalue weighted by Gasteiger charge is 2.43. The molecule has 0 spiro atoms. The molecule has 1 aromatic rings. The fraction of sp³-hybridized carbons (Fsp3) is 0.727. The van der Waals surface area contributed by atoms with E-state index in [4.69, 9.17) is 9.84 Å². The zero-order valence-electron chi connectivity index (χ0n) is 9.78. The molecule has 96 valence electrons. The Morgan fingerprint density at radius 3 is 2.65 bits per heavy atom. The van der Waals surface area contributed by atoms with Crippen molar-refractivity contribution in [1.82, 2.24) is 4.98 Å². The third-order valence-corrected chi connectivity index (χ3v) is 3.99. The summed E-state index contributed by atoms with van der Waals surface area (Å²) in [5.74, 6) is -0.354. The Bertz CT molecular complexity index is 381. The van der Waals surface area contributed by atoms with Crippen molar-refractivity contribution in [3.8, 4) is 0 Å². The van der Waals surface area contributed by atoms with Gasteiger partial charge in [-0.05, 0) is 6.92 Å². The number of aliphatic hydroxyl groups excluding tert-OH is 3. The molecule has 0 aliphatic carbocycles. The zero-order valence-corrected chi connectivity index (χ0v) is 10.6. The van der Waals surface area contributed by atoms with Gasteiger partial charge in [0.15, 0.2) is 0 Å². The molecule has 5 nitrogen and oxygen atoms in total. The molecule has 0 bridgehead atoms. The average molecular weight is 259 g/mol. The van der Waals surface area contributed by atoms with Crippen LogP contribution < -0.4 is 0 Å². The van der Waals surface area contributed by atoms with Crippen LogP contribution in [0.1, 0.15) is 23.7 Å². The Kier molecular flexibility index (Phi) is 3.79. The van der Waals surface area contributed by atoms with Crippen LogP contribution in [0.2, 0.25) is 0 Å². The zero-order chi connectivity index (χ0) is 12.6. The van der Waals surface area contributed by atoms with Gasteiger partial charge in [-0.2, -0.15) is 0 Å². The first-order valence-electron chi connectivity index (χ1n) is 5.59. The molecule has 0 saturated carbocycles. The van der Waals surface area contributed by atoms with Gasteiger partial charge in [0.2, 0.25) is 0 Å². The molecule has 0 radical (unpaired) electrons. The van der Waals surface area contributed by atoms with Gasteiger partial charge in [-0.3, -0.25) is 0 Å². The molecule has 1 aliphatic heterocycles. The highest BCUT2D eigenvalue weighted by atomic mass is 32.1. The van der Waals surface area contributed by atoms with Crippen LogP contribution >= 0.6 is 11.3 Å². The van der Waals surface area contributed by atoms with E-state index in [0.717, 1.165) is 5.01 Å². The van der Waals surface area contributed by atoms with Crippen molar-refractivity contribution in [2.75, 3.05) is 6.61 Å². The number of ether oxygens (including phenoxy) is 1. The highest BCUT2D eigenvalue weighted by Crippen LogP contribution is 2.35. The van der Waals surface area contributed by atoms with Crippen molar-refractivity contribution in [3.05, 3.63) is 16.1 Å². The van der Waals surface area contributed by atoms with Crippen molar-refractivity contribution in [1.29, 1.82) is 0 Å². The molecule has 2 rings (SSSR count). The van der Waals surface area contributed by atoms with Gasteiger partial charge in [-0.15, -0.1) is 11.3 Å². The SMILES string of the molecule is Cc1nc([C@@H]2O[C@H](CO)[C@H](O)[C@H](C)[C@H]2O)cs1. The van der Waals surface area contributed by atoms with Gasteiger partial charge in [-0.1, -0.05) is 6.92 Å². The minimum Gasteiger partial charge on any atom is -0.394 e. The molecule has 1 fully saturated rings. The van der Waals surface area contributed by atoms with E-state index in [1.165, 1.54) is 11.3 Å². The third-order valence-electron chi connectivity index (χ3n) is 3.20. The number of hydrogen-bond donors (Lipinski definition) is 3. The summed E-state index contributed by atoms with van der Waals surface area (Å²) >= 11 is 1.48. The normalized spacial score (nSPS) is 38.3. The summed E-state index contributed by atoms with van der Waals surface area (Å²) in [6.45, 7) is 3.36. The van der Waals surface area contributed by atoms with Crippen LogP contribution in [0.5, 0.6) is 0 Å². The lowest BCUT2D eigenvalue weighted by atomic mass is 9.87. The number of thiazole rings is 1. The Balaban J connectivity index is 2.22. The molecule has 17 heavy (non-hydrogen) atoms. The maximum absolute atomic E-state index is 10.1. The van der Waals surface area contributed by atoms with E-state index in [0.29, 0.717) is 5.69 Å². The van der Waals surface area contributed by atoms with Crippen molar-refractivity contribution < 1.29 is 20.1 Å². The van der Waals surface area contributed by atoms with Crippen molar-refractivity contribution in [2.45, 2.75) is 38.3 Å². The molecular formula is C11H17NO4S. The summed E-state index contributed by atoms with van der Waals surface area (Å²) in [6.07, 6.45) is -2.91. The lowest BCUT2D eigenvalue weighted by molar-refractivity contribution is -0.208. The van der Waals surface area contributed by atoms with Gasteiger partial charge in [0, 0.05) is 11.3 Å². The van der Waals surface area contributed by atoms with Crippen LogP contribution in [-0.4, -0.2) is 45.2 Å². The Hall–Kier alpha value is -0.530. The number of aliphatic hydroxyl groups is 3. The predicted molar refractivity (Wildman–Crippen MR) is 62.7 cm³/mol. The Labute approximate surface area is 104 Å². The van der Waals surface area contributed by atoms with Gasteiger partial charge in [0.25, 0.3) is 0 Å². The smallest absolute Gasteiger partial charge is 0.127 e. The first kappa shape index (κ1) is 12.9. The average Bonchev–Trinajstić information content (AvgIpc) is 2.73. The van der Waals surface area contributed by atoms with Gasteiger partial charge >= 0.3 is 0 Å². The standard InChI is InChI=1S/C11H17NO4S/c1-5-9(14)8(3-13)16-11(10(5)15)7-4-17-6(2)12-7/h4-5,8-11,13-15H,3H2,1-2H3/t5-,8+,9+,10+,11-/m0/s1. The number of aryl methyl sites for hydroxylation is 1. The summed E-state index contributed by atoms with van der Waals surface area (Å²) < 4.78 is 5.52.